The number of thioether (sulfide) groups is 1. The normalized spacial score (nSPS) is 15.5. The summed E-state index contributed by atoms with van der Waals surface area (Å²) in [5.41, 5.74) is 5.90. The summed E-state index contributed by atoms with van der Waals surface area (Å²) in [6, 6.07) is 16.1. The van der Waals surface area contributed by atoms with Gasteiger partial charge in [0.2, 0.25) is 0 Å². The van der Waals surface area contributed by atoms with Crippen LogP contribution < -0.4 is 0 Å². The van der Waals surface area contributed by atoms with E-state index in [9.17, 15) is 14.0 Å². The molecule has 2 heterocycles. The van der Waals surface area contributed by atoms with Crippen LogP contribution in [-0.2, 0) is 11.3 Å². The standard InChI is InChI=1S/C24H21FN2O2S/c1-15-5-4-6-21(11-15)27-16(2)12-19(17(27)3)13-22-23(28)26(24(29)30-22)14-18-7-9-20(25)10-8-18/h4-13H,14H2,1-3H3. The Morgan fingerprint density at radius 1 is 1.00 bits per heavy atom. The molecule has 0 unspecified atom stereocenters. The fourth-order valence-corrected chi connectivity index (χ4v) is 4.48. The number of carbonyl (C=O) groups excluding carboxylic acids is 2. The van der Waals surface area contributed by atoms with E-state index in [1.807, 2.05) is 32.0 Å². The molecule has 4 rings (SSSR count). The van der Waals surface area contributed by atoms with Crippen LogP contribution in [0.3, 0.4) is 0 Å². The van der Waals surface area contributed by atoms with Gasteiger partial charge in [0.25, 0.3) is 11.1 Å². The smallest absolute Gasteiger partial charge is 0.293 e. The predicted molar refractivity (Wildman–Crippen MR) is 118 cm³/mol. The number of amides is 2. The average molecular weight is 421 g/mol. The lowest BCUT2D eigenvalue weighted by molar-refractivity contribution is -0.123. The topological polar surface area (TPSA) is 42.3 Å². The van der Waals surface area contributed by atoms with Crippen LogP contribution in [0.4, 0.5) is 9.18 Å². The number of aromatic nitrogens is 1. The van der Waals surface area contributed by atoms with Crippen molar-refractivity contribution in [2.24, 2.45) is 0 Å². The summed E-state index contributed by atoms with van der Waals surface area (Å²) in [5.74, 6) is -0.675. The van der Waals surface area contributed by atoms with E-state index in [0.29, 0.717) is 10.5 Å². The van der Waals surface area contributed by atoms with Crippen LogP contribution in [0.15, 0.2) is 59.5 Å². The summed E-state index contributed by atoms with van der Waals surface area (Å²) >= 11 is 0.936. The number of nitrogens with zero attached hydrogens (tertiary/aromatic N) is 2. The maximum atomic E-state index is 13.1. The Labute approximate surface area is 179 Å². The fourth-order valence-electron chi connectivity index (χ4n) is 3.65. The summed E-state index contributed by atoms with van der Waals surface area (Å²) in [5, 5.41) is -0.317. The lowest BCUT2D eigenvalue weighted by Gasteiger charge is -2.12. The van der Waals surface area contributed by atoms with Crippen molar-refractivity contribution in [2.75, 3.05) is 0 Å². The average Bonchev–Trinajstić information content (AvgIpc) is 3.13. The molecule has 0 spiro atoms. The molecule has 0 saturated carbocycles. The summed E-state index contributed by atoms with van der Waals surface area (Å²) in [4.78, 5) is 26.9. The molecule has 2 amide bonds. The van der Waals surface area contributed by atoms with Gasteiger partial charge in [0.05, 0.1) is 11.4 Å². The first-order valence-electron chi connectivity index (χ1n) is 9.59. The Bertz CT molecular complexity index is 1180. The molecule has 0 N–H and O–H groups in total. The Kier molecular flexibility index (Phi) is 5.35. The van der Waals surface area contributed by atoms with E-state index in [0.717, 1.165) is 34.4 Å². The van der Waals surface area contributed by atoms with Gasteiger partial charge in [-0.2, -0.15) is 0 Å². The largest absolute Gasteiger partial charge is 0.318 e. The number of halogens is 1. The van der Waals surface area contributed by atoms with E-state index >= 15 is 0 Å². The summed E-state index contributed by atoms with van der Waals surface area (Å²) in [7, 11) is 0. The molecule has 4 nitrogen and oxygen atoms in total. The lowest BCUT2D eigenvalue weighted by Crippen LogP contribution is -2.27. The molecule has 3 aromatic rings. The highest BCUT2D eigenvalue weighted by molar-refractivity contribution is 8.18. The molecular formula is C24H21FN2O2S. The molecule has 30 heavy (non-hydrogen) atoms. The van der Waals surface area contributed by atoms with Crippen molar-refractivity contribution in [3.8, 4) is 5.69 Å². The van der Waals surface area contributed by atoms with Crippen molar-refractivity contribution in [1.82, 2.24) is 9.47 Å². The Morgan fingerprint density at radius 3 is 2.43 bits per heavy atom. The zero-order valence-corrected chi connectivity index (χ0v) is 17.8. The van der Waals surface area contributed by atoms with Gasteiger partial charge in [-0.1, -0.05) is 24.3 Å². The van der Waals surface area contributed by atoms with Crippen molar-refractivity contribution in [3.05, 3.63) is 93.4 Å². The third-order valence-corrected chi connectivity index (χ3v) is 6.05. The molecule has 6 heteroatoms. The highest BCUT2D eigenvalue weighted by Crippen LogP contribution is 2.34. The van der Waals surface area contributed by atoms with Crippen molar-refractivity contribution < 1.29 is 14.0 Å². The first-order valence-corrected chi connectivity index (χ1v) is 10.4. The molecule has 1 aromatic heterocycles. The van der Waals surface area contributed by atoms with Gasteiger partial charge >= 0.3 is 0 Å². The number of carbonyl (C=O) groups is 2. The molecule has 0 aliphatic carbocycles. The minimum Gasteiger partial charge on any atom is -0.318 e. The van der Waals surface area contributed by atoms with Gasteiger partial charge < -0.3 is 4.57 Å². The third kappa shape index (κ3) is 3.83. The van der Waals surface area contributed by atoms with E-state index in [2.05, 4.69) is 23.6 Å². The summed E-state index contributed by atoms with van der Waals surface area (Å²) in [6.07, 6.45) is 1.78. The van der Waals surface area contributed by atoms with Crippen molar-refractivity contribution in [2.45, 2.75) is 27.3 Å². The van der Waals surface area contributed by atoms with E-state index in [-0.39, 0.29) is 23.5 Å². The second kappa shape index (κ2) is 7.95. The Balaban J connectivity index is 1.62. The fraction of sp³-hybridized carbons (Fsp3) is 0.167. The van der Waals surface area contributed by atoms with E-state index in [4.69, 9.17) is 0 Å². The molecule has 2 aromatic carbocycles. The number of hydrogen-bond acceptors (Lipinski definition) is 3. The summed E-state index contributed by atoms with van der Waals surface area (Å²) in [6.45, 7) is 6.21. The molecule has 0 radical (unpaired) electrons. The minimum atomic E-state index is -0.350. The van der Waals surface area contributed by atoms with Gasteiger partial charge in [-0.25, -0.2) is 4.39 Å². The maximum absolute atomic E-state index is 13.1. The number of rotatable bonds is 4. The van der Waals surface area contributed by atoms with Gasteiger partial charge in [-0.05, 0) is 85.6 Å². The first-order chi connectivity index (χ1) is 14.3. The second-order valence-corrected chi connectivity index (χ2v) is 8.39. The van der Waals surface area contributed by atoms with Gasteiger partial charge in [-0.15, -0.1) is 0 Å². The van der Waals surface area contributed by atoms with E-state index in [1.54, 1.807) is 18.2 Å². The van der Waals surface area contributed by atoms with Gasteiger partial charge in [0, 0.05) is 17.1 Å². The monoisotopic (exact) mass is 420 g/mol. The molecule has 1 aliphatic rings. The molecule has 1 saturated heterocycles. The quantitative estimate of drug-likeness (QED) is 0.503. The lowest BCUT2D eigenvalue weighted by atomic mass is 10.2. The minimum absolute atomic E-state index is 0.130. The van der Waals surface area contributed by atoms with E-state index in [1.165, 1.54) is 22.6 Å². The predicted octanol–water partition coefficient (Wildman–Crippen LogP) is 5.78. The third-order valence-electron chi connectivity index (χ3n) is 5.14. The highest BCUT2D eigenvalue weighted by atomic mass is 32.2. The molecular weight excluding hydrogens is 399 g/mol. The van der Waals surface area contributed by atoms with Crippen LogP contribution in [-0.4, -0.2) is 20.6 Å². The zero-order chi connectivity index (χ0) is 21.4. The molecule has 0 atom stereocenters. The van der Waals surface area contributed by atoms with Crippen LogP contribution in [0.2, 0.25) is 0 Å². The maximum Gasteiger partial charge on any atom is 0.293 e. The van der Waals surface area contributed by atoms with Crippen LogP contribution in [0.25, 0.3) is 11.8 Å². The van der Waals surface area contributed by atoms with Crippen LogP contribution in [0, 0.1) is 26.6 Å². The molecule has 1 fully saturated rings. The second-order valence-electron chi connectivity index (χ2n) is 7.40. The van der Waals surface area contributed by atoms with Crippen LogP contribution in [0.5, 0.6) is 0 Å². The van der Waals surface area contributed by atoms with Crippen LogP contribution >= 0.6 is 11.8 Å². The number of benzene rings is 2. The highest BCUT2D eigenvalue weighted by Gasteiger charge is 2.35. The molecule has 0 bridgehead atoms. The SMILES string of the molecule is Cc1cccc(-n2c(C)cc(C=C3SC(=O)N(Cc4ccc(F)cc4)C3=O)c2C)c1. The Morgan fingerprint density at radius 2 is 1.73 bits per heavy atom. The molecule has 152 valence electrons. The van der Waals surface area contributed by atoms with Crippen molar-refractivity contribution in [1.29, 1.82) is 0 Å². The van der Waals surface area contributed by atoms with Crippen LogP contribution in [0.1, 0.15) is 28.1 Å². The van der Waals surface area contributed by atoms with E-state index < -0.39 is 0 Å². The first kappa shape index (κ1) is 20.2. The van der Waals surface area contributed by atoms with Crippen molar-refractivity contribution >= 4 is 29.0 Å². The van der Waals surface area contributed by atoms with Crippen molar-refractivity contribution in [3.63, 3.8) is 0 Å². The molecule has 1 aliphatic heterocycles. The number of aryl methyl sites for hydroxylation is 2. The van der Waals surface area contributed by atoms with Gasteiger partial charge in [0.15, 0.2) is 0 Å². The van der Waals surface area contributed by atoms with Gasteiger partial charge in [0.1, 0.15) is 5.82 Å². The summed E-state index contributed by atoms with van der Waals surface area (Å²) < 4.78 is 15.3. The van der Waals surface area contributed by atoms with Gasteiger partial charge in [-0.3, -0.25) is 14.5 Å². The zero-order valence-electron chi connectivity index (χ0n) is 17.0. The number of imide groups is 1. The Hall–Kier alpha value is -3.12. The number of hydrogen-bond donors (Lipinski definition) is 0.